The van der Waals surface area contributed by atoms with Crippen LogP contribution in [0.25, 0.3) is 22.3 Å². The summed E-state index contributed by atoms with van der Waals surface area (Å²) in [6.45, 7) is 0. The first-order valence-electron chi connectivity index (χ1n) is 8.31. The monoisotopic (exact) mass is 336 g/mol. The molecule has 0 unspecified atom stereocenters. The van der Waals surface area contributed by atoms with E-state index < -0.39 is 0 Å². The SMILES string of the molecule is c1cncc(-c2ccc(N=Nc3ccc(-c4cccnc4)cc3)cc2)c1. The van der Waals surface area contributed by atoms with Crippen LogP contribution in [0.5, 0.6) is 0 Å². The topological polar surface area (TPSA) is 50.5 Å². The molecule has 0 fully saturated rings. The molecule has 2 aromatic carbocycles. The maximum atomic E-state index is 4.31. The molecule has 0 aliphatic carbocycles. The maximum absolute atomic E-state index is 4.31. The number of hydrogen-bond donors (Lipinski definition) is 0. The van der Waals surface area contributed by atoms with Crippen molar-refractivity contribution in [2.24, 2.45) is 10.2 Å². The van der Waals surface area contributed by atoms with Crippen molar-refractivity contribution in [2.75, 3.05) is 0 Å². The molecule has 0 bridgehead atoms. The lowest BCUT2D eigenvalue weighted by Gasteiger charge is -2.01. The Balaban J connectivity index is 1.48. The third-order valence-electron chi connectivity index (χ3n) is 4.01. The maximum Gasteiger partial charge on any atom is 0.0857 e. The molecule has 0 aliphatic heterocycles. The molecule has 0 amide bonds. The molecule has 26 heavy (non-hydrogen) atoms. The van der Waals surface area contributed by atoms with Gasteiger partial charge in [-0.15, -0.1) is 0 Å². The predicted molar refractivity (Wildman–Crippen MR) is 104 cm³/mol. The van der Waals surface area contributed by atoms with Gasteiger partial charge >= 0.3 is 0 Å². The van der Waals surface area contributed by atoms with Crippen LogP contribution in [0.4, 0.5) is 11.4 Å². The van der Waals surface area contributed by atoms with Gasteiger partial charge in [-0.2, -0.15) is 10.2 Å². The Morgan fingerprint density at radius 2 is 0.885 bits per heavy atom. The molecule has 4 aromatic rings. The van der Waals surface area contributed by atoms with E-state index in [-0.39, 0.29) is 0 Å². The second-order valence-corrected chi connectivity index (χ2v) is 5.78. The summed E-state index contributed by atoms with van der Waals surface area (Å²) in [6.07, 6.45) is 7.23. The van der Waals surface area contributed by atoms with Crippen LogP contribution in [0.15, 0.2) is 108 Å². The minimum absolute atomic E-state index is 0.814. The highest BCUT2D eigenvalue weighted by molar-refractivity contribution is 5.65. The van der Waals surface area contributed by atoms with Gasteiger partial charge in [0.15, 0.2) is 0 Å². The van der Waals surface area contributed by atoms with Crippen molar-refractivity contribution in [1.29, 1.82) is 0 Å². The lowest BCUT2D eigenvalue weighted by atomic mass is 10.1. The first kappa shape index (κ1) is 15.8. The van der Waals surface area contributed by atoms with E-state index >= 15 is 0 Å². The second kappa shape index (κ2) is 7.49. The average molecular weight is 336 g/mol. The quantitative estimate of drug-likeness (QED) is 0.415. The van der Waals surface area contributed by atoms with Gasteiger partial charge in [0.1, 0.15) is 0 Å². The number of benzene rings is 2. The molecule has 0 saturated heterocycles. The van der Waals surface area contributed by atoms with E-state index in [1.54, 1.807) is 12.4 Å². The van der Waals surface area contributed by atoms with Crippen molar-refractivity contribution < 1.29 is 0 Å². The van der Waals surface area contributed by atoms with E-state index in [1.165, 1.54) is 0 Å². The van der Waals surface area contributed by atoms with Crippen LogP contribution in [-0.4, -0.2) is 9.97 Å². The summed E-state index contributed by atoms with van der Waals surface area (Å²) in [5, 5.41) is 8.62. The van der Waals surface area contributed by atoms with Crippen molar-refractivity contribution in [3.05, 3.63) is 97.6 Å². The molecule has 4 heteroatoms. The lowest BCUT2D eigenvalue weighted by Crippen LogP contribution is -1.78. The minimum Gasteiger partial charge on any atom is -0.264 e. The standard InChI is InChI=1S/C22H16N4/c1-3-19(15-23-13-1)17-5-9-21(10-6-17)25-26-22-11-7-18(8-12-22)20-4-2-14-24-16-20/h1-16H. The summed E-state index contributed by atoms with van der Waals surface area (Å²) >= 11 is 0. The average Bonchev–Trinajstić information content (AvgIpc) is 2.74. The molecule has 124 valence electrons. The molecular formula is C22H16N4. The van der Waals surface area contributed by atoms with E-state index in [0.717, 1.165) is 33.6 Å². The Morgan fingerprint density at radius 3 is 1.23 bits per heavy atom. The zero-order valence-electron chi connectivity index (χ0n) is 14.0. The van der Waals surface area contributed by atoms with Crippen LogP contribution < -0.4 is 0 Å². The predicted octanol–water partition coefficient (Wildman–Crippen LogP) is 6.23. The van der Waals surface area contributed by atoms with Gasteiger partial charge in [0, 0.05) is 24.8 Å². The van der Waals surface area contributed by atoms with E-state index in [9.17, 15) is 0 Å². The normalized spacial score (nSPS) is 10.9. The Hall–Kier alpha value is -3.66. The Labute approximate surface area is 151 Å². The number of aromatic nitrogens is 2. The van der Waals surface area contributed by atoms with Gasteiger partial charge in [-0.25, -0.2) is 0 Å². The first-order chi connectivity index (χ1) is 12.9. The highest BCUT2D eigenvalue weighted by Crippen LogP contribution is 2.25. The summed E-state index contributed by atoms with van der Waals surface area (Å²) in [5.74, 6) is 0. The van der Waals surface area contributed by atoms with Crippen LogP contribution in [0.2, 0.25) is 0 Å². The fraction of sp³-hybridized carbons (Fsp3) is 0. The molecular weight excluding hydrogens is 320 g/mol. The van der Waals surface area contributed by atoms with Crippen LogP contribution in [0, 0.1) is 0 Å². The fourth-order valence-electron chi connectivity index (χ4n) is 2.62. The zero-order chi connectivity index (χ0) is 17.6. The highest BCUT2D eigenvalue weighted by atomic mass is 15.1. The molecule has 0 saturated carbocycles. The number of nitrogens with zero attached hydrogens (tertiary/aromatic N) is 4. The van der Waals surface area contributed by atoms with Gasteiger partial charge in [0.2, 0.25) is 0 Å². The van der Waals surface area contributed by atoms with E-state index in [4.69, 9.17) is 0 Å². The van der Waals surface area contributed by atoms with Crippen molar-refractivity contribution in [3.63, 3.8) is 0 Å². The van der Waals surface area contributed by atoms with Crippen LogP contribution in [-0.2, 0) is 0 Å². The number of hydrogen-bond acceptors (Lipinski definition) is 4. The minimum atomic E-state index is 0.814. The number of pyridine rings is 2. The Bertz CT molecular complexity index is 908. The summed E-state index contributed by atoms with van der Waals surface area (Å²) in [5.41, 5.74) is 6.02. The first-order valence-corrected chi connectivity index (χ1v) is 8.31. The van der Waals surface area contributed by atoms with E-state index in [2.05, 4.69) is 20.2 Å². The molecule has 0 spiro atoms. The van der Waals surface area contributed by atoms with Crippen molar-refractivity contribution >= 4 is 11.4 Å². The summed E-state index contributed by atoms with van der Waals surface area (Å²) in [7, 11) is 0. The van der Waals surface area contributed by atoms with Gasteiger partial charge in [-0.1, -0.05) is 36.4 Å². The molecule has 4 rings (SSSR count). The van der Waals surface area contributed by atoms with Gasteiger partial charge in [0.25, 0.3) is 0 Å². The molecule has 0 radical (unpaired) electrons. The van der Waals surface area contributed by atoms with Gasteiger partial charge in [-0.05, 0) is 58.7 Å². The van der Waals surface area contributed by atoms with Crippen molar-refractivity contribution in [2.45, 2.75) is 0 Å². The summed E-state index contributed by atoms with van der Waals surface area (Å²) in [4.78, 5) is 8.29. The van der Waals surface area contributed by atoms with E-state index in [0.29, 0.717) is 0 Å². The molecule has 0 N–H and O–H groups in total. The van der Waals surface area contributed by atoms with Crippen molar-refractivity contribution in [1.82, 2.24) is 9.97 Å². The third-order valence-corrected chi connectivity index (χ3v) is 4.01. The third kappa shape index (κ3) is 3.70. The molecule has 2 heterocycles. The van der Waals surface area contributed by atoms with Crippen LogP contribution >= 0.6 is 0 Å². The molecule has 0 atom stereocenters. The zero-order valence-corrected chi connectivity index (χ0v) is 14.0. The fourth-order valence-corrected chi connectivity index (χ4v) is 2.62. The summed E-state index contributed by atoms with van der Waals surface area (Å²) < 4.78 is 0. The summed E-state index contributed by atoms with van der Waals surface area (Å²) in [6, 6.07) is 23.8. The smallest absolute Gasteiger partial charge is 0.0857 e. The highest BCUT2D eigenvalue weighted by Gasteiger charge is 1.99. The van der Waals surface area contributed by atoms with Gasteiger partial charge in [-0.3, -0.25) is 9.97 Å². The largest absolute Gasteiger partial charge is 0.264 e. The molecule has 4 nitrogen and oxygen atoms in total. The van der Waals surface area contributed by atoms with Gasteiger partial charge < -0.3 is 0 Å². The lowest BCUT2D eigenvalue weighted by molar-refractivity contribution is 1.23. The van der Waals surface area contributed by atoms with Gasteiger partial charge in [0.05, 0.1) is 11.4 Å². The number of rotatable bonds is 4. The van der Waals surface area contributed by atoms with E-state index in [1.807, 2.05) is 85.2 Å². The van der Waals surface area contributed by atoms with Crippen molar-refractivity contribution in [3.8, 4) is 22.3 Å². The van der Waals surface area contributed by atoms with Crippen LogP contribution in [0.1, 0.15) is 0 Å². The number of azo groups is 1. The second-order valence-electron chi connectivity index (χ2n) is 5.78. The molecule has 0 aliphatic rings. The Kier molecular flexibility index (Phi) is 4.56. The van der Waals surface area contributed by atoms with Crippen LogP contribution in [0.3, 0.4) is 0 Å². The Morgan fingerprint density at radius 1 is 0.462 bits per heavy atom. The molecule has 2 aromatic heterocycles.